The molecule has 2 saturated heterocycles. The Bertz CT molecular complexity index is 1070. The van der Waals surface area contributed by atoms with Crippen LogP contribution < -0.4 is 5.32 Å². The van der Waals surface area contributed by atoms with Gasteiger partial charge in [-0.15, -0.1) is 0 Å². The van der Waals surface area contributed by atoms with Gasteiger partial charge in [-0.2, -0.15) is 11.8 Å². The molecule has 2 aliphatic heterocycles. The van der Waals surface area contributed by atoms with Crippen molar-refractivity contribution in [3.8, 4) is 5.75 Å². The fourth-order valence-corrected chi connectivity index (χ4v) is 5.86. The monoisotopic (exact) mass is 566 g/mol. The molecule has 0 saturated carbocycles. The summed E-state index contributed by atoms with van der Waals surface area (Å²) in [5.74, 6) is -3.53. The molecule has 0 spiro atoms. The summed E-state index contributed by atoms with van der Waals surface area (Å²) in [6, 6.07) is 13.4. The number of hydrogen-bond acceptors (Lipinski definition) is 6. The van der Waals surface area contributed by atoms with Crippen LogP contribution in [0.4, 0.5) is 0 Å². The zero-order valence-corrected chi connectivity index (χ0v) is 20.3. The van der Waals surface area contributed by atoms with Crippen LogP contribution in [0.15, 0.2) is 48.5 Å². The maximum atomic E-state index is 13.5. The Morgan fingerprint density at radius 3 is 2.56 bits per heavy atom. The summed E-state index contributed by atoms with van der Waals surface area (Å²) in [4.78, 5) is 40.9. The predicted molar refractivity (Wildman–Crippen MR) is 129 cm³/mol. The second kappa shape index (κ2) is 9.03. The highest BCUT2D eigenvalue weighted by molar-refractivity contribution is 14.1. The molecule has 0 bridgehead atoms. The number of rotatable bonds is 7. The number of imide groups is 1. The van der Waals surface area contributed by atoms with Gasteiger partial charge in [-0.25, -0.2) is 0 Å². The second-order valence-corrected chi connectivity index (χ2v) is 10.3. The van der Waals surface area contributed by atoms with Crippen molar-refractivity contribution in [3.63, 3.8) is 0 Å². The number of aliphatic carboxylic acids is 1. The number of fused-ring (bicyclic) bond motifs is 1. The molecule has 2 aromatic carbocycles. The highest BCUT2D eigenvalue weighted by atomic mass is 127. The van der Waals surface area contributed by atoms with E-state index in [1.165, 1.54) is 22.7 Å². The first-order valence-electron chi connectivity index (χ1n) is 10.2. The molecular weight excluding hydrogens is 543 g/mol. The number of halogens is 1. The van der Waals surface area contributed by atoms with Crippen molar-refractivity contribution in [3.05, 3.63) is 63.2 Å². The third-order valence-corrected chi connectivity index (χ3v) is 7.62. The number of amides is 2. The smallest absolute Gasteiger partial charge is 0.324 e. The van der Waals surface area contributed by atoms with Gasteiger partial charge >= 0.3 is 5.97 Å². The Balaban J connectivity index is 1.81. The average Bonchev–Trinajstić information content (AvgIpc) is 3.25. The van der Waals surface area contributed by atoms with E-state index in [4.69, 9.17) is 0 Å². The molecule has 2 amide bonds. The molecule has 2 heterocycles. The first-order valence-corrected chi connectivity index (χ1v) is 12.6. The summed E-state index contributed by atoms with van der Waals surface area (Å²) >= 11 is 3.58. The van der Waals surface area contributed by atoms with Crippen LogP contribution in [-0.4, -0.2) is 50.4 Å². The molecule has 168 valence electrons. The molecule has 9 heteroatoms. The first kappa shape index (κ1) is 23.1. The number of nitrogens with one attached hydrogen (secondary N) is 1. The Kier molecular flexibility index (Phi) is 6.51. The number of phenolic OH excluding ortho intramolecular Hbond substituents is 1. The molecule has 2 aliphatic rings. The summed E-state index contributed by atoms with van der Waals surface area (Å²) in [7, 11) is 0. The van der Waals surface area contributed by atoms with E-state index in [2.05, 4.69) is 27.9 Å². The topological polar surface area (TPSA) is 107 Å². The van der Waals surface area contributed by atoms with E-state index in [0.29, 0.717) is 11.3 Å². The van der Waals surface area contributed by atoms with Crippen LogP contribution in [0.5, 0.6) is 5.75 Å². The van der Waals surface area contributed by atoms with E-state index in [1.807, 2.05) is 36.6 Å². The molecule has 32 heavy (non-hydrogen) atoms. The number of carbonyl (C=O) groups excluding carboxylic acids is 2. The molecule has 7 nitrogen and oxygen atoms in total. The zero-order chi connectivity index (χ0) is 23.0. The van der Waals surface area contributed by atoms with Gasteiger partial charge in [-0.05, 0) is 64.8 Å². The van der Waals surface area contributed by atoms with Gasteiger partial charge in [0.15, 0.2) is 0 Å². The van der Waals surface area contributed by atoms with Crippen LogP contribution in [0, 0.1) is 15.4 Å². The van der Waals surface area contributed by atoms with Crippen molar-refractivity contribution < 1.29 is 24.6 Å². The van der Waals surface area contributed by atoms with Gasteiger partial charge in [0.2, 0.25) is 11.8 Å². The van der Waals surface area contributed by atoms with Crippen LogP contribution >= 0.6 is 34.4 Å². The van der Waals surface area contributed by atoms with Crippen LogP contribution in [0.3, 0.4) is 0 Å². The Hall–Kier alpha value is -2.11. The molecule has 4 rings (SSSR count). The maximum Gasteiger partial charge on any atom is 0.324 e. The van der Waals surface area contributed by atoms with Crippen LogP contribution in [0.25, 0.3) is 0 Å². The molecule has 4 atom stereocenters. The van der Waals surface area contributed by atoms with Gasteiger partial charge in [0, 0.05) is 15.2 Å². The molecule has 0 radical (unpaired) electrons. The lowest BCUT2D eigenvalue weighted by Gasteiger charge is -2.31. The number of hydrogen-bond donors (Lipinski definition) is 3. The van der Waals surface area contributed by atoms with Gasteiger partial charge in [0.25, 0.3) is 0 Å². The number of carbonyl (C=O) groups is 3. The standard InChI is InChI=1S/C23H23IN2O5S/c1-32-10-9-23(22(30)31)18-17(19(25-23)15-11-14(24)7-8-16(15)27)20(28)26(21(18)29)12-13-5-3-2-4-6-13/h2-8,11,17-19,25,27H,9-10,12H2,1H3,(H,30,31)/t17-,18-,19-,23+/m1/s1. The summed E-state index contributed by atoms with van der Waals surface area (Å²) in [6.07, 6.45) is 2.05. The molecule has 0 unspecified atom stereocenters. The first-order chi connectivity index (χ1) is 15.3. The number of benzene rings is 2. The fourth-order valence-electron chi connectivity index (χ4n) is 4.82. The van der Waals surface area contributed by atoms with Crippen molar-refractivity contribution in [2.45, 2.75) is 24.5 Å². The highest BCUT2D eigenvalue weighted by Crippen LogP contribution is 2.52. The largest absolute Gasteiger partial charge is 0.508 e. The van der Waals surface area contributed by atoms with Crippen molar-refractivity contribution >= 4 is 52.1 Å². The lowest BCUT2D eigenvalue weighted by atomic mass is 9.78. The molecule has 0 aliphatic carbocycles. The van der Waals surface area contributed by atoms with Crippen molar-refractivity contribution in [2.24, 2.45) is 11.8 Å². The van der Waals surface area contributed by atoms with E-state index in [0.717, 1.165) is 9.13 Å². The van der Waals surface area contributed by atoms with Crippen LogP contribution in [0.1, 0.15) is 23.6 Å². The van der Waals surface area contributed by atoms with E-state index in [9.17, 15) is 24.6 Å². The Morgan fingerprint density at radius 1 is 1.19 bits per heavy atom. The minimum Gasteiger partial charge on any atom is -0.508 e. The number of likely N-dealkylation sites (tertiary alicyclic amines) is 1. The summed E-state index contributed by atoms with van der Waals surface area (Å²) in [6.45, 7) is 0.0920. The third kappa shape index (κ3) is 3.80. The number of carboxylic acid groups (broad SMARTS) is 1. The van der Waals surface area contributed by atoms with E-state index in [-0.39, 0.29) is 18.7 Å². The zero-order valence-electron chi connectivity index (χ0n) is 17.3. The Morgan fingerprint density at radius 2 is 1.91 bits per heavy atom. The summed E-state index contributed by atoms with van der Waals surface area (Å²) < 4.78 is 0.837. The molecule has 3 N–H and O–H groups in total. The number of phenols is 1. The van der Waals surface area contributed by atoms with Gasteiger partial charge in [-0.1, -0.05) is 30.3 Å². The third-order valence-electron chi connectivity index (χ3n) is 6.34. The van der Waals surface area contributed by atoms with Crippen LogP contribution in [0.2, 0.25) is 0 Å². The van der Waals surface area contributed by atoms with Gasteiger partial charge in [0.1, 0.15) is 11.3 Å². The Labute approximate surface area is 203 Å². The number of nitrogens with zero attached hydrogens (tertiary/aromatic N) is 1. The van der Waals surface area contributed by atoms with Gasteiger partial charge < -0.3 is 10.2 Å². The molecule has 2 aromatic rings. The second-order valence-electron chi connectivity index (χ2n) is 8.10. The number of aromatic hydroxyl groups is 1. The predicted octanol–water partition coefficient (Wildman–Crippen LogP) is 3.02. The lowest BCUT2D eigenvalue weighted by molar-refractivity contribution is -0.151. The summed E-state index contributed by atoms with van der Waals surface area (Å²) in [5.41, 5.74) is -0.368. The van der Waals surface area contributed by atoms with Crippen molar-refractivity contribution in [1.29, 1.82) is 0 Å². The number of carboxylic acids is 1. The van der Waals surface area contributed by atoms with E-state index >= 15 is 0 Å². The van der Waals surface area contributed by atoms with Gasteiger partial charge in [0.05, 0.1) is 18.4 Å². The van der Waals surface area contributed by atoms with Gasteiger partial charge in [-0.3, -0.25) is 24.6 Å². The SMILES string of the molecule is CSCC[C@]1(C(=O)O)N[C@H](c2cc(I)ccc2O)[C@@H]2C(=O)N(Cc3ccccc3)C(=O)[C@@H]21. The maximum absolute atomic E-state index is 13.5. The summed E-state index contributed by atoms with van der Waals surface area (Å²) in [5, 5.41) is 24.0. The van der Waals surface area contributed by atoms with E-state index < -0.39 is 41.2 Å². The normalized spacial score (nSPS) is 27.1. The van der Waals surface area contributed by atoms with Crippen LogP contribution in [-0.2, 0) is 20.9 Å². The van der Waals surface area contributed by atoms with E-state index in [1.54, 1.807) is 12.1 Å². The van der Waals surface area contributed by atoms with Crippen molar-refractivity contribution in [1.82, 2.24) is 10.2 Å². The minimum atomic E-state index is -1.59. The molecule has 0 aromatic heterocycles. The fraction of sp³-hybridized carbons (Fsp3) is 0.348. The minimum absolute atomic E-state index is 0.0329. The van der Waals surface area contributed by atoms with Crippen molar-refractivity contribution in [2.75, 3.05) is 12.0 Å². The molecular formula is C23H23IN2O5S. The molecule has 2 fully saturated rings. The highest BCUT2D eigenvalue weighted by Gasteiger charge is 2.68. The quantitative estimate of drug-likeness (QED) is 0.350. The average molecular weight is 566 g/mol. The lowest BCUT2D eigenvalue weighted by Crippen LogP contribution is -2.56. The number of thioether (sulfide) groups is 1.